The van der Waals surface area contributed by atoms with Crippen molar-refractivity contribution in [2.24, 2.45) is 0 Å². The molecule has 0 aliphatic heterocycles. The molecule has 7 heteroatoms. The molecular weight excluding hydrogens is 257 g/mol. The standard InChI is InChI=1S/C11H20F5NO/c1-4-5-9(6-17-8(2)3)18-7-10(12,13)11(14,15)16/h8-9,17H,4-7H2,1-3H3. The van der Waals surface area contributed by atoms with Gasteiger partial charge in [0.25, 0.3) is 0 Å². The molecule has 110 valence electrons. The lowest BCUT2D eigenvalue weighted by Crippen LogP contribution is -2.43. The van der Waals surface area contributed by atoms with E-state index in [0.29, 0.717) is 12.8 Å². The molecule has 0 amide bonds. The molecule has 1 atom stereocenters. The molecule has 0 aromatic carbocycles. The van der Waals surface area contributed by atoms with E-state index in [1.54, 1.807) is 0 Å². The van der Waals surface area contributed by atoms with Gasteiger partial charge in [0.15, 0.2) is 0 Å². The molecule has 1 unspecified atom stereocenters. The van der Waals surface area contributed by atoms with Gasteiger partial charge in [0.1, 0.15) is 6.61 Å². The highest BCUT2D eigenvalue weighted by molar-refractivity contribution is 4.76. The van der Waals surface area contributed by atoms with Gasteiger partial charge in [-0.25, -0.2) is 0 Å². The molecule has 0 aliphatic carbocycles. The first kappa shape index (κ1) is 17.6. The molecule has 1 N–H and O–H groups in total. The van der Waals surface area contributed by atoms with E-state index in [9.17, 15) is 22.0 Å². The number of halogens is 5. The van der Waals surface area contributed by atoms with Crippen molar-refractivity contribution in [3.8, 4) is 0 Å². The van der Waals surface area contributed by atoms with Crippen molar-refractivity contribution in [2.45, 2.75) is 57.9 Å². The fraction of sp³-hybridized carbons (Fsp3) is 1.00. The lowest BCUT2D eigenvalue weighted by molar-refractivity contribution is -0.300. The molecule has 0 rings (SSSR count). The predicted octanol–water partition coefficient (Wildman–Crippen LogP) is 3.37. The predicted molar refractivity (Wildman–Crippen MR) is 58.8 cm³/mol. The number of rotatable bonds is 8. The minimum absolute atomic E-state index is 0.121. The summed E-state index contributed by atoms with van der Waals surface area (Å²) in [6.07, 6.45) is -5.10. The quantitative estimate of drug-likeness (QED) is 0.687. The van der Waals surface area contributed by atoms with Crippen LogP contribution in [-0.2, 0) is 4.74 Å². The van der Waals surface area contributed by atoms with Crippen molar-refractivity contribution in [3.05, 3.63) is 0 Å². The van der Waals surface area contributed by atoms with E-state index in [0.717, 1.165) is 0 Å². The van der Waals surface area contributed by atoms with Gasteiger partial charge < -0.3 is 10.1 Å². The Hall–Kier alpha value is -0.430. The summed E-state index contributed by atoms with van der Waals surface area (Å²) in [5.74, 6) is -4.79. The van der Waals surface area contributed by atoms with E-state index in [-0.39, 0.29) is 12.6 Å². The van der Waals surface area contributed by atoms with Crippen LogP contribution in [0.4, 0.5) is 22.0 Å². The van der Waals surface area contributed by atoms with Crippen molar-refractivity contribution in [1.82, 2.24) is 5.32 Å². The first-order valence-corrected chi connectivity index (χ1v) is 5.89. The summed E-state index contributed by atoms with van der Waals surface area (Å²) >= 11 is 0. The Morgan fingerprint density at radius 3 is 2.06 bits per heavy atom. The molecular formula is C11H20F5NO. The molecule has 0 heterocycles. The van der Waals surface area contributed by atoms with Gasteiger partial charge >= 0.3 is 12.1 Å². The summed E-state index contributed by atoms with van der Waals surface area (Å²) in [5.41, 5.74) is 0. The van der Waals surface area contributed by atoms with Crippen LogP contribution < -0.4 is 5.32 Å². The second kappa shape index (κ2) is 7.23. The Kier molecular flexibility index (Phi) is 7.06. The van der Waals surface area contributed by atoms with Gasteiger partial charge in [-0.3, -0.25) is 0 Å². The highest BCUT2D eigenvalue weighted by Crippen LogP contribution is 2.35. The number of nitrogens with one attached hydrogen (secondary N) is 1. The average molecular weight is 277 g/mol. The zero-order valence-electron chi connectivity index (χ0n) is 10.8. The van der Waals surface area contributed by atoms with E-state index in [1.807, 2.05) is 20.8 Å². The monoisotopic (exact) mass is 277 g/mol. The van der Waals surface area contributed by atoms with Crippen molar-refractivity contribution in [1.29, 1.82) is 0 Å². The molecule has 18 heavy (non-hydrogen) atoms. The smallest absolute Gasteiger partial charge is 0.370 e. The molecule has 0 radical (unpaired) electrons. The number of hydrogen-bond donors (Lipinski definition) is 1. The van der Waals surface area contributed by atoms with Gasteiger partial charge in [-0.2, -0.15) is 22.0 Å². The molecule has 0 aromatic rings. The van der Waals surface area contributed by atoms with Gasteiger partial charge in [-0.05, 0) is 6.42 Å². The summed E-state index contributed by atoms with van der Waals surface area (Å²) in [7, 11) is 0. The summed E-state index contributed by atoms with van der Waals surface area (Å²) in [5, 5.41) is 2.95. The fourth-order valence-electron chi connectivity index (χ4n) is 1.24. The SMILES string of the molecule is CCCC(CNC(C)C)OCC(F)(F)C(F)(F)F. The summed E-state index contributed by atoms with van der Waals surface area (Å²) in [6, 6.07) is 0.121. The van der Waals surface area contributed by atoms with Crippen LogP contribution in [0.3, 0.4) is 0 Å². The summed E-state index contributed by atoms with van der Waals surface area (Å²) in [4.78, 5) is 0. The van der Waals surface area contributed by atoms with E-state index in [4.69, 9.17) is 4.74 Å². The van der Waals surface area contributed by atoms with Crippen molar-refractivity contribution >= 4 is 0 Å². The average Bonchev–Trinajstić information content (AvgIpc) is 2.20. The third-order valence-electron chi connectivity index (χ3n) is 2.28. The third kappa shape index (κ3) is 6.49. The van der Waals surface area contributed by atoms with Crippen LogP contribution in [0.1, 0.15) is 33.6 Å². The van der Waals surface area contributed by atoms with E-state index in [2.05, 4.69) is 5.32 Å². The number of ether oxygens (including phenoxy) is 1. The molecule has 0 fully saturated rings. The minimum atomic E-state index is -5.56. The van der Waals surface area contributed by atoms with Gasteiger partial charge in [-0.15, -0.1) is 0 Å². The maximum absolute atomic E-state index is 12.7. The number of alkyl halides is 5. The van der Waals surface area contributed by atoms with Gasteiger partial charge in [-0.1, -0.05) is 27.2 Å². The highest BCUT2D eigenvalue weighted by atomic mass is 19.4. The Morgan fingerprint density at radius 1 is 1.11 bits per heavy atom. The van der Waals surface area contributed by atoms with Crippen LogP contribution >= 0.6 is 0 Å². The molecule has 2 nitrogen and oxygen atoms in total. The van der Waals surface area contributed by atoms with Crippen LogP contribution in [0.2, 0.25) is 0 Å². The molecule has 0 aromatic heterocycles. The molecule has 0 bridgehead atoms. The Balaban J connectivity index is 4.25. The lowest BCUT2D eigenvalue weighted by atomic mass is 10.2. The van der Waals surface area contributed by atoms with Crippen LogP contribution in [-0.4, -0.2) is 37.4 Å². The molecule has 0 saturated carbocycles. The van der Waals surface area contributed by atoms with Crippen LogP contribution in [0.15, 0.2) is 0 Å². The second-order valence-electron chi connectivity index (χ2n) is 4.49. The number of hydrogen-bond acceptors (Lipinski definition) is 2. The normalized spacial score (nSPS) is 15.2. The maximum atomic E-state index is 12.7. The summed E-state index contributed by atoms with van der Waals surface area (Å²) in [6.45, 7) is 4.16. The second-order valence-corrected chi connectivity index (χ2v) is 4.49. The lowest BCUT2D eigenvalue weighted by Gasteiger charge is -2.24. The van der Waals surface area contributed by atoms with Gasteiger partial charge in [0.05, 0.1) is 6.10 Å². The fourth-order valence-corrected chi connectivity index (χ4v) is 1.24. The van der Waals surface area contributed by atoms with Crippen LogP contribution in [0.25, 0.3) is 0 Å². The third-order valence-corrected chi connectivity index (χ3v) is 2.28. The first-order valence-electron chi connectivity index (χ1n) is 5.89. The zero-order valence-corrected chi connectivity index (χ0v) is 10.8. The van der Waals surface area contributed by atoms with Crippen LogP contribution in [0, 0.1) is 0 Å². The Morgan fingerprint density at radius 2 is 1.67 bits per heavy atom. The van der Waals surface area contributed by atoms with Gasteiger partial charge in [0.2, 0.25) is 0 Å². The zero-order chi connectivity index (χ0) is 14.4. The van der Waals surface area contributed by atoms with Gasteiger partial charge in [0, 0.05) is 12.6 Å². The molecule has 0 saturated heterocycles. The largest absolute Gasteiger partial charge is 0.455 e. The summed E-state index contributed by atoms with van der Waals surface area (Å²) < 4.78 is 65.8. The van der Waals surface area contributed by atoms with Crippen molar-refractivity contribution < 1.29 is 26.7 Å². The van der Waals surface area contributed by atoms with E-state index >= 15 is 0 Å². The van der Waals surface area contributed by atoms with Crippen molar-refractivity contribution in [2.75, 3.05) is 13.2 Å². The van der Waals surface area contributed by atoms with Crippen LogP contribution in [0.5, 0.6) is 0 Å². The molecule has 0 aliphatic rings. The minimum Gasteiger partial charge on any atom is -0.370 e. The highest BCUT2D eigenvalue weighted by Gasteiger charge is 2.57. The topological polar surface area (TPSA) is 21.3 Å². The Bertz CT molecular complexity index is 230. The molecule has 0 spiro atoms. The first-order chi connectivity index (χ1) is 8.10. The maximum Gasteiger partial charge on any atom is 0.455 e. The van der Waals surface area contributed by atoms with E-state index in [1.165, 1.54) is 0 Å². The Labute approximate surface area is 104 Å². The van der Waals surface area contributed by atoms with E-state index < -0.39 is 24.8 Å². The van der Waals surface area contributed by atoms with Crippen molar-refractivity contribution in [3.63, 3.8) is 0 Å².